The van der Waals surface area contributed by atoms with Gasteiger partial charge in [0.25, 0.3) is 0 Å². The lowest BCUT2D eigenvalue weighted by molar-refractivity contribution is 1.17. The van der Waals surface area contributed by atoms with Crippen molar-refractivity contribution in [3.05, 3.63) is 24.3 Å². The van der Waals surface area contributed by atoms with E-state index < -0.39 is 0 Å². The largest absolute Gasteiger partial charge is 0.381 e. The van der Waals surface area contributed by atoms with Crippen molar-refractivity contribution in [3.63, 3.8) is 0 Å². The van der Waals surface area contributed by atoms with E-state index in [-0.39, 0.29) is 0 Å². The molecular weight excluding hydrogens is 268 g/mol. The van der Waals surface area contributed by atoms with Crippen LogP contribution in [0.25, 0.3) is 20.9 Å². The molecule has 0 spiro atoms. The Balaban J connectivity index is 2.24. The van der Waals surface area contributed by atoms with Gasteiger partial charge in [-0.3, -0.25) is 0 Å². The van der Waals surface area contributed by atoms with E-state index >= 15 is 0 Å². The Kier molecular flexibility index (Phi) is 2.65. The standard InChI is InChI=1S/C10H8N6S2/c11-9-7(17-15-13-9)5-3-1-2-4-6(5)8-10(12)14-16-18-8/h1-4H,11-12H2. The molecule has 18 heavy (non-hydrogen) atoms. The molecule has 3 rings (SSSR count). The summed E-state index contributed by atoms with van der Waals surface area (Å²) >= 11 is 2.51. The molecule has 8 heteroatoms. The zero-order valence-electron chi connectivity index (χ0n) is 9.07. The number of rotatable bonds is 2. The van der Waals surface area contributed by atoms with E-state index in [0.717, 1.165) is 20.9 Å². The van der Waals surface area contributed by atoms with E-state index in [1.165, 1.54) is 23.1 Å². The molecule has 0 radical (unpaired) electrons. The summed E-state index contributed by atoms with van der Waals surface area (Å²) in [5.74, 6) is 0.840. The maximum absolute atomic E-state index is 5.81. The summed E-state index contributed by atoms with van der Waals surface area (Å²) in [4.78, 5) is 1.66. The van der Waals surface area contributed by atoms with E-state index in [0.29, 0.717) is 11.6 Å². The van der Waals surface area contributed by atoms with Crippen LogP contribution in [0.4, 0.5) is 11.6 Å². The van der Waals surface area contributed by atoms with Crippen molar-refractivity contribution < 1.29 is 0 Å². The quantitative estimate of drug-likeness (QED) is 0.740. The lowest BCUT2D eigenvalue weighted by Gasteiger charge is -2.05. The van der Waals surface area contributed by atoms with Gasteiger partial charge in [0.1, 0.15) is 0 Å². The van der Waals surface area contributed by atoms with Gasteiger partial charge in [-0.05, 0) is 23.1 Å². The molecule has 0 fully saturated rings. The highest BCUT2D eigenvalue weighted by Gasteiger charge is 2.16. The van der Waals surface area contributed by atoms with Gasteiger partial charge in [-0.1, -0.05) is 33.2 Å². The van der Waals surface area contributed by atoms with E-state index in [1.54, 1.807) is 0 Å². The predicted molar refractivity (Wildman–Crippen MR) is 73.1 cm³/mol. The number of anilines is 2. The summed E-state index contributed by atoms with van der Waals surface area (Å²) in [7, 11) is 0. The van der Waals surface area contributed by atoms with Crippen molar-refractivity contribution in [3.8, 4) is 20.9 Å². The normalized spacial score (nSPS) is 10.7. The molecule has 6 nitrogen and oxygen atoms in total. The number of aromatic nitrogens is 4. The first-order valence-electron chi connectivity index (χ1n) is 5.03. The third-order valence-corrected chi connectivity index (χ3v) is 3.99. The van der Waals surface area contributed by atoms with Crippen LogP contribution in [0.1, 0.15) is 0 Å². The van der Waals surface area contributed by atoms with Crippen molar-refractivity contribution in [2.24, 2.45) is 0 Å². The first-order chi connectivity index (χ1) is 8.77. The highest BCUT2D eigenvalue weighted by Crippen LogP contribution is 2.39. The average Bonchev–Trinajstić information content (AvgIpc) is 2.98. The molecule has 2 aromatic heterocycles. The van der Waals surface area contributed by atoms with Crippen molar-refractivity contribution >= 4 is 34.7 Å². The number of hydrogen-bond acceptors (Lipinski definition) is 8. The fourth-order valence-electron chi connectivity index (χ4n) is 1.65. The SMILES string of the molecule is Nc1nnsc1-c1ccccc1-c1snnc1N. The summed E-state index contributed by atoms with van der Waals surface area (Å²) in [6.45, 7) is 0. The van der Waals surface area contributed by atoms with Gasteiger partial charge in [-0.2, -0.15) is 0 Å². The Morgan fingerprint density at radius 1 is 0.778 bits per heavy atom. The zero-order chi connectivity index (χ0) is 12.5. The molecule has 0 aliphatic carbocycles. The first kappa shape index (κ1) is 11.1. The van der Waals surface area contributed by atoms with Crippen LogP contribution in [-0.4, -0.2) is 19.2 Å². The second-order valence-corrected chi connectivity index (χ2v) is 5.03. The summed E-state index contributed by atoms with van der Waals surface area (Å²) in [6, 6.07) is 7.78. The van der Waals surface area contributed by atoms with Crippen LogP contribution in [0.5, 0.6) is 0 Å². The molecule has 0 amide bonds. The Hall–Kier alpha value is -2.06. The third-order valence-electron chi connectivity index (χ3n) is 2.44. The minimum Gasteiger partial charge on any atom is -0.381 e. The van der Waals surface area contributed by atoms with Gasteiger partial charge in [0.15, 0.2) is 11.6 Å². The highest BCUT2D eigenvalue weighted by atomic mass is 32.1. The Labute approximate surface area is 111 Å². The Bertz CT molecular complexity index is 630. The second-order valence-electron chi connectivity index (χ2n) is 3.52. The number of nitrogens with zero attached hydrogens (tertiary/aromatic N) is 4. The lowest BCUT2D eigenvalue weighted by Crippen LogP contribution is -1.91. The maximum atomic E-state index is 5.81. The van der Waals surface area contributed by atoms with Crippen LogP contribution in [-0.2, 0) is 0 Å². The Morgan fingerprint density at radius 2 is 1.22 bits per heavy atom. The molecule has 0 atom stereocenters. The van der Waals surface area contributed by atoms with Gasteiger partial charge >= 0.3 is 0 Å². The molecule has 2 heterocycles. The monoisotopic (exact) mass is 276 g/mol. The maximum Gasteiger partial charge on any atom is 0.166 e. The molecule has 0 saturated heterocycles. The minimum atomic E-state index is 0.420. The van der Waals surface area contributed by atoms with Crippen LogP contribution in [0.3, 0.4) is 0 Å². The van der Waals surface area contributed by atoms with E-state index in [2.05, 4.69) is 19.2 Å². The smallest absolute Gasteiger partial charge is 0.166 e. The van der Waals surface area contributed by atoms with Crippen molar-refractivity contribution in [1.82, 2.24) is 19.2 Å². The van der Waals surface area contributed by atoms with Crippen molar-refractivity contribution in [1.29, 1.82) is 0 Å². The van der Waals surface area contributed by atoms with Gasteiger partial charge in [0.05, 0.1) is 9.75 Å². The molecule has 0 aliphatic rings. The molecular formula is C10H8N6S2. The highest BCUT2D eigenvalue weighted by molar-refractivity contribution is 7.11. The Morgan fingerprint density at radius 3 is 1.56 bits per heavy atom. The average molecular weight is 276 g/mol. The number of nitrogen functional groups attached to an aromatic ring is 2. The number of nitrogens with two attached hydrogens (primary N) is 2. The van der Waals surface area contributed by atoms with Crippen LogP contribution in [0.15, 0.2) is 24.3 Å². The molecule has 0 aliphatic heterocycles. The van der Waals surface area contributed by atoms with Crippen LogP contribution in [0.2, 0.25) is 0 Å². The fourth-order valence-corrected chi connectivity index (χ4v) is 2.89. The predicted octanol–water partition coefficient (Wildman–Crippen LogP) is 1.89. The summed E-state index contributed by atoms with van der Waals surface area (Å²) in [5, 5.41) is 7.65. The minimum absolute atomic E-state index is 0.420. The molecule has 0 unspecified atom stereocenters. The van der Waals surface area contributed by atoms with Crippen molar-refractivity contribution in [2.75, 3.05) is 11.5 Å². The summed E-state index contributed by atoms with van der Waals surface area (Å²) in [5.41, 5.74) is 13.5. The van der Waals surface area contributed by atoms with Crippen molar-refractivity contribution in [2.45, 2.75) is 0 Å². The second kappa shape index (κ2) is 4.31. The third kappa shape index (κ3) is 1.71. The zero-order valence-corrected chi connectivity index (χ0v) is 10.7. The first-order valence-corrected chi connectivity index (χ1v) is 6.57. The molecule has 0 bridgehead atoms. The fraction of sp³-hybridized carbons (Fsp3) is 0. The molecule has 4 N–H and O–H groups in total. The van der Waals surface area contributed by atoms with Gasteiger partial charge in [-0.15, -0.1) is 10.2 Å². The molecule has 0 saturated carbocycles. The van der Waals surface area contributed by atoms with Crippen LogP contribution >= 0.6 is 23.1 Å². The lowest BCUT2D eigenvalue weighted by atomic mass is 10.0. The summed E-state index contributed by atoms with van der Waals surface area (Å²) < 4.78 is 7.70. The summed E-state index contributed by atoms with van der Waals surface area (Å²) in [6.07, 6.45) is 0. The molecule has 3 aromatic rings. The van der Waals surface area contributed by atoms with E-state index in [4.69, 9.17) is 11.5 Å². The number of benzene rings is 1. The van der Waals surface area contributed by atoms with E-state index in [1.807, 2.05) is 24.3 Å². The van der Waals surface area contributed by atoms with Gasteiger partial charge in [0.2, 0.25) is 0 Å². The van der Waals surface area contributed by atoms with E-state index in [9.17, 15) is 0 Å². The van der Waals surface area contributed by atoms with Gasteiger partial charge in [0, 0.05) is 11.1 Å². The van der Waals surface area contributed by atoms with Gasteiger partial charge in [-0.25, -0.2) is 0 Å². The number of hydrogen-bond donors (Lipinski definition) is 2. The topological polar surface area (TPSA) is 104 Å². The molecule has 90 valence electrons. The van der Waals surface area contributed by atoms with Crippen LogP contribution in [0, 0.1) is 0 Å². The van der Waals surface area contributed by atoms with Crippen LogP contribution < -0.4 is 11.5 Å². The molecule has 1 aromatic carbocycles. The van der Waals surface area contributed by atoms with Gasteiger partial charge < -0.3 is 11.5 Å².